The summed E-state index contributed by atoms with van der Waals surface area (Å²) in [5.74, 6) is 0.466. The Balaban J connectivity index is 2.50. The Kier molecular flexibility index (Phi) is 4.58. The van der Waals surface area contributed by atoms with E-state index in [-0.39, 0.29) is 6.04 Å². The summed E-state index contributed by atoms with van der Waals surface area (Å²) in [5, 5.41) is 4.32. The van der Waals surface area contributed by atoms with E-state index in [2.05, 4.69) is 15.3 Å². The molecular formula is C13H13Cl2N3O. The van der Waals surface area contributed by atoms with E-state index >= 15 is 0 Å². The largest absolute Gasteiger partial charge is 0.480 e. The van der Waals surface area contributed by atoms with E-state index < -0.39 is 0 Å². The van der Waals surface area contributed by atoms with Gasteiger partial charge in [-0.2, -0.15) is 0 Å². The van der Waals surface area contributed by atoms with Crippen LogP contribution in [0.1, 0.15) is 17.3 Å². The second-order valence-corrected chi connectivity index (χ2v) is 4.68. The molecule has 0 aliphatic rings. The summed E-state index contributed by atoms with van der Waals surface area (Å²) >= 11 is 12.1. The van der Waals surface area contributed by atoms with E-state index in [1.165, 1.54) is 0 Å². The lowest BCUT2D eigenvalue weighted by molar-refractivity contribution is 0.384. The van der Waals surface area contributed by atoms with Crippen molar-refractivity contribution in [2.75, 3.05) is 14.2 Å². The molecule has 0 spiro atoms. The van der Waals surface area contributed by atoms with Crippen molar-refractivity contribution in [1.29, 1.82) is 0 Å². The van der Waals surface area contributed by atoms with Crippen LogP contribution in [0.15, 0.2) is 30.6 Å². The normalized spacial score (nSPS) is 12.2. The highest BCUT2D eigenvalue weighted by molar-refractivity contribution is 6.35. The molecule has 100 valence electrons. The highest BCUT2D eigenvalue weighted by Gasteiger charge is 2.21. The summed E-state index contributed by atoms with van der Waals surface area (Å²) in [6.45, 7) is 0. The van der Waals surface area contributed by atoms with Gasteiger partial charge in [0.25, 0.3) is 0 Å². The average Bonchev–Trinajstić information content (AvgIpc) is 2.42. The van der Waals surface area contributed by atoms with Gasteiger partial charge in [-0.25, -0.2) is 4.98 Å². The summed E-state index contributed by atoms with van der Waals surface area (Å²) in [4.78, 5) is 8.46. The molecular weight excluding hydrogens is 285 g/mol. The van der Waals surface area contributed by atoms with Gasteiger partial charge in [-0.1, -0.05) is 29.3 Å². The number of rotatable bonds is 4. The Bertz CT molecular complexity index is 578. The molecule has 2 aromatic rings. The fourth-order valence-electron chi connectivity index (χ4n) is 1.87. The number of methoxy groups -OCH3 is 1. The molecule has 0 aliphatic carbocycles. The molecule has 1 heterocycles. The molecule has 0 amide bonds. The topological polar surface area (TPSA) is 47.0 Å². The second kappa shape index (κ2) is 6.19. The van der Waals surface area contributed by atoms with Gasteiger partial charge in [0.15, 0.2) is 0 Å². The number of nitrogens with one attached hydrogen (secondary N) is 1. The average molecular weight is 298 g/mol. The van der Waals surface area contributed by atoms with Crippen LogP contribution < -0.4 is 10.1 Å². The van der Waals surface area contributed by atoms with Gasteiger partial charge < -0.3 is 10.1 Å². The molecule has 2 rings (SSSR count). The molecule has 1 N–H and O–H groups in total. The molecule has 0 fully saturated rings. The van der Waals surface area contributed by atoms with Gasteiger partial charge in [0.1, 0.15) is 5.69 Å². The highest BCUT2D eigenvalue weighted by Crippen LogP contribution is 2.32. The van der Waals surface area contributed by atoms with Crippen LogP contribution in [0, 0.1) is 0 Å². The maximum atomic E-state index is 6.24. The molecule has 0 bridgehead atoms. The molecule has 0 radical (unpaired) electrons. The molecule has 0 saturated heterocycles. The molecule has 0 saturated carbocycles. The van der Waals surface area contributed by atoms with Crippen LogP contribution in [0.5, 0.6) is 5.88 Å². The molecule has 1 atom stereocenters. The Labute approximate surface area is 121 Å². The maximum absolute atomic E-state index is 6.24. The van der Waals surface area contributed by atoms with Crippen molar-refractivity contribution in [1.82, 2.24) is 15.3 Å². The smallest absolute Gasteiger partial charge is 0.237 e. The summed E-state index contributed by atoms with van der Waals surface area (Å²) < 4.78 is 5.23. The summed E-state index contributed by atoms with van der Waals surface area (Å²) in [6, 6.07) is 5.13. The zero-order valence-corrected chi connectivity index (χ0v) is 12.0. The second-order valence-electron chi connectivity index (χ2n) is 3.84. The molecule has 1 aromatic heterocycles. The van der Waals surface area contributed by atoms with Crippen molar-refractivity contribution in [3.8, 4) is 5.88 Å². The van der Waals surface area contributed by atoms with E-state index in [1.807, 2.05) is 13.1 Å². The van der Waals surface area contributed by atoms with Gasteiger partial charge >= 0.3 is 0 Å². The molecule has 0 aliphatic heterocycles. The van der Waals surface area contributed by atoms with Crippen molar-refractivity contribution in [2.24, 2.45) is 0 Å². The minimum Gasteiger partial charge on any atom is -0.480 e. The predicted octanol–water partition coefficient (Wildman–Crippen LogP) is 3.10. The zero-order chi connectivity index (χ0) is 13.8. The van der Waals surface area contributed by atoms with Crippen molar-refractivity contribution in [3.63, 3.8) is 0 Å². The quantitative estimate of drug-likeness (QED) is 0.942. The van der Waals surface area contributed by atoms with Crippen LogP contribution in [0.2, 0.25) is 10.0 Å². The number of hydrogen-bond donors (Lipinski definition) is 1. The lowest BCUT2D eigenvalue weighted by Crippen LogP contribution is -2.20. The predicted molar refractivity (Wildman–Crippen MR) is 75.9 cm³/mol. The first-order chi connectivity index (χ1) is 9.17. The number of benzene rings is 1. The van der Waals surface area contributed by atoms with Gasteiger partial charge in [0, 0.05) is 22.4 Å². The van der Waals surface area contributed by atoms with Gasteiger partial charge in [-0.3, -0.25) is 4.98 Å². The third-order valence-corrected chi connectivity index (χ3v) is 3.28. The summed E-state index contributed by atoms with van der Waals surface area (Å²) in [5.41, 5.74) is 1.55. The number of nitrogens with zero attached hydrogens (tertiary/aromatic N) is 2. The van der Waals surface area contributed by atoms with Crippen LogP contribution in [0.3, 0.4) is 0 Å². The first kappa shape index (κ1) is 14.1. The van der Waals surface area contributed by atoms with E-state index in [4.69, 9.17) is 27.9 Å². The minimum atomic E-state index is -0.214. The Hall–Kier alpha value is -1.36. The number of ether oxygens (including phenoxy) is 1. The van der Waals surface area contributed by atoms with Crippen LogP contribution in [0.25, 0.3) is 0 Å². The van der Waals surface area contributed by atoms with Gasteiger partial charge in [-0.15, -0.1) is 0 Å². The highest BCUT2D eigenvalue weighted by atomic mass is 35.5. The fraction of sp³-hybridized carbons (Fsp3) is 0.231. The van der Waals surface area contributed by atoms with E-state index in [1.54, 1.807) is 31.6 Å². The summed E-state index contributed by atoms with van der Waals surface area (Å²) in [6.07, 6.45) is 3.20. The first-order valence-electron chi connectivity index (χ1n) is 5.64. The van der Waals surface area contributed by atoms with Crippen molar-refractivity contribution < 1.29 is 4.74 Å². The molecule has 4 nitrogen and oxygen atoms in total. The Morgan fingerprint density at radius 3 is 2.58 bits per heavy atom. The Morgan fingerprint density at radius 1 is 1.21 bits per heavy atom. The van der Waals surface area contributed by atoms with Gasteiger partial charge in [0.05, 0.1) is 13.2 Å². The third-order valence-electron chi connectivity index (χ3n) is 2.72. The maximum Gasteiger partial charge on any atom is 0.237 e. The zero-order valence-electron chi connectivity index (χ0n) is 10.5. The first-order valence-corrected chi connectivity index (χ1v) is 6.40. The number of halogens is 2. The van der Waals surface area contributed by atoms with Gasteiger partial charge in [-0.05, 0) is 24.7 Å². The van der Waals surface area contributed by atoms with E-state index in [9.17, 15) is 0 Å². The Morgan fingerprint density at radius 2 is 1.95 bits per heavy atom. The van der Waals surface area contributed by atoms with Crippen LogP contribution in [0.4, 0.5) is 0 Å². The summed E-state index contributed by atoms with van der Waals surface area (Å²) in [7, 11) is 3.38. The van der Waals surface area contributed by atoms with Crippen molar-refractivity contribution in [2.45, 2.75) is 6.04 Å². The number of hydrogen-bond acceptors (Lipinski definition) is 4. The monoisotopic (exact) mass is 297 g/mol. The van der Waals surface area contributed by atoms with Crippen LogP contribution in [-0.4, -0.2) is 24.1 Å². The number of aromatic nitrogens is 2. The molecule has 1 aromatic carbocycles. The molecule has 6 heteroatoms. The van der Waals surface area contributed by atoms with Gasteiger partial charge in [0.2, 0.25) is 5.88 Å². The standard InChI is InChI=1S/C13H13Cl2N3O/c1-16-11(9-4-3-8(14)7-10(9)15)12-13(19-2)18-6-5-17-12/h3-7,11,16H,1-2H3. The third kappa shape index (κ3) is 2.97. The van der Waals surface area contributed by atoms with Crippen molar-refractivity contribution >= 4 is 23.2 Å². The SMILES string of the molecule is CNC(c1ccc(Cl)cc1Cl)c1nccnc1OC. The molecule has 19 heavy (non-hydrogen) atoms. The lowest BCUT2D eigenvalue weighted by atomic mass is 10.0. The fourth-order valence-corrected chi connectivity index (χ4v) is 2.38. The molecule has 1 unspecified atom stereocenters. The van der Waals surface area contributed by atoms with E-state index in [0.717, 1.165) is 5.56 Å². The van der Waals surface area contributed by atoms with Crippen LogP contribution >= 0.6 is 23.2 Å². The van der Waals surface area contributed by atoms with Crippen molar-refractivity contribution in [3.05, 3.63) is 51.9 Å². The lowest BCUT2D eigenvalue weighted by Gasteiger charge is -2.19. The minimum absolute atomic E-state index is 0.214. The van der Waals surface area contributed by atoms with E-state index in [0.29, 0.717) is 21.6 Å². The van der Waals surface area contributed by atoms with Crippen LogP contribution in [-0.2, 0) is 0 Å².